The van der Waals surface area contributed by atoms with Crippen molar-refractivity contribution in [1.29, 1.82) is 0 Å². The van der Waals surface area contributed by atoms with Gasteiger partial charge in [0.25, 0.3) is 10.0 Å². The maximum absolute atomic E-state index is 14.4. The largest absolute Gasteiger partial charge is 0.355 e. The van der Waals surface area contributed by atoms with Gasteiger partial charge in [0.05, 0.1) is 10.6 Å². The maximum Gasteiger partial charge on any atom is 0.264 e. The van der Waals surface area contributed by atoms with Crippen molar-refractivity contribution in [3.63, 3.8) is 0 Å². The highest BCUT2D eigenvalue weighted by Crippen LogP contribution is 2.28. The van der Waals surface area contributed by atoms with Gasteiger partial charge in [-0.05, 0) is 73.4 Å². The number of benzene rings is 4. The van der Waals surface area contributed by atoms with E-state index in [2.05, 4.69) is 5.32 Å². The van der Waals surface area contributed by atoms with Gasteiger partial charge in [0.15, 0.2) is 0 Å². The van der Waals surface area contributed by atoms with Crippen LogP contribution in [0.1, 0.15) is 29.2 Å². The number of hydrogen-bond donors (Lipinski definition) is 1. The topological polar surface area (TPSA) is 86.8 Å². The zero-order chi connectivity index (χ0) is 31.0. The SMILES string of the molecule is CCNC(=O)[C@@H](Cc1ccccc1)N(Cc1ccccc1C)C(=O)CN(c1ccccc1C)S(=O)(=O)c1ccc(Cl)cc1. The lowest BCUT2D eigenvalue weighted by Gasteiger charge is -2.34. The molecule has 1 atom stereocenters. The number of halogens is 1. The first-order chi connectivity index (χ1) is 20.6. The second kappa shape index (κ2) is 14.4. The van der Waals surface area contributed by atoms with Crippen molar-refractivity contribution in [1.82, 2.24) is 10.2 Å². The number of carbonyl (C=O) groups is 2. The van der Waals surface area contributed by atoms with E-state index in [1.165, 1.54) is 29.2 Å². The number of amides is 2. The van der Waals surface area contributed by atoms with Crippen LogP contribution in [0.25, 0.3) is 0 Å². The van der Waals surface area contributed by atoms with Crippen molar-refractivity contribution < 1.29 is 18.0 Å². The molecule has 0 saturated carbocycles. The fourth-order valence-corrected chi connectivity index (χ4v) is 6.51. The number of nitrogens with one attached hydrogen (secondary N) is 1. The van der Waals surface area contributed by atoms with Crippen molar-refractivity contribution in [2.75, 3.05) is 17.4 Å². The van der Waals surface area contributed by atoms with Crippen LogP contribution in [0.15, 0.2) is 108 Å². The van der Waals surface area contributed by atoms with Crippen LogP contribution in [0.2, 0.25) is 5.02 Å². The van der Waals surface area contributed by atoms with E-state index in [0.717, 1.165) is 21.0 Å². The van der Waals surface area contributed by atoms with Crippen LogP contribution < -0.4 is 9.62 Å². The number of nitrogens with zero attached hydrogens (tertiary/aromatic N) is 2. The summed E-state index contributed by atoms with van der Waals surface area (Å²) in [7, 11) is -4.19. The Morgan fingerprint density at radius 2 is 1.42 bits per heavy atom. The van der Waals surface area contributed by atoms with E-state index in [1.807, 2.05) is 74.5 Å². The Bertz CT molecular complexity index is 1660. The zero-order valence-electron chi connectivity index (χ0n) is 24.5. The molecule has 4 aromatic carbocycles. The highest BCUT2D eigenvalue weighted by molar-refractivity contribution is 7.92. The fourth-order valence-electron chi connectivity index (χ4n) is 4.91. The Labute approximate surface area is 259 Å². The lowest BCUT2D eigenvalue weighted by atomic mass is 10.0. The third-order valence-electron chi connectivity index (χ3n) is 7.29. The predicted octanol–water partition coefficient (Wildman–Crippen LogP) is 5.93. The summed E-state index contributed by atoms with van der Waals surface area (Å²) in [5.41, 5.74) is 3.76. The second-order valence-electron chi connectivity index (χ2n) is 10.3. The highest BCUT2D eigenvalue weighted by Gasteiger charge is 2.35. The number of aryl methyl sites for hydroxylation is 2. The summed E-state index contributed by atoms with van der Waals surface area (Å²) in [6, 6.07) is 29.1. The van der Waals surface area contributed by atoms with Crippen molar-refractivity contribution in [3.05, 3.63) is 130 Å². The van der Waals surface area contributed by atoms with Gasteiger partial charge in [-0.25, -0.2) is 8.42 Å². The molecular formula is C34H36ClN3O4S. The number of hydrogen-bond acceptors (Lipinski definition) is 4. The lowest BCUT2D eigenvalue weighted by Crippen LogP contribution is -2.53. The van der Waals surface area contributed by atoms with Gasteiger partial charge in [-0.15, -0.1) is 0 Å². The third kappa shape index (κ3) is 7.83. The standard InChI is InChI=1S/C34H36ClN3O4S/c1-4-36-34(40)32(22-27-14-6-5-7-15-27)37(23-28-16-10-8-12-25(28)2)33(39)24-38(31-17-11-9-13-26(31)3)43(41,42)30-20-18-29(35)19-21-30/h5-21,32H,4,22-24H2,1-3H3,(H,36,40)/t32-/m1/s1. The Morgan fingerprint density at radius 1 is 0.814 bits per heavy atom. The van der Waals surface area contributed by atoms with Gasteiger partial charge in [0, 0.05) is 24.5 Å². The van der Waals surface area contributed by atoms with Crippen molar-refractivity contribution in [2.45, 2.75) is 44.7 Å². The summed E-state index contributed by atoms with van der Waals surface area (Å²) < 4.78 is 29.3. The average molecular weight is 618 g/mol. The van der Waals surface area contributed by atoms with Crippen LogP contribution in [0.3, 0.4) is 0 Å². The summed E-state index contributed by atoms with van der Waals surface area (Å²) in [6.45, 7) is 5.57. The van der Waals surface area contributed by atoms with Gasteiger partial charge < -0.3 is 10.2 Å². The van der Waals surface area contributed by atoms with Crippen LogP contribution in [-0.2, 0) is 32.6 Å². The van der Waals surface area contributed by atoms with E-state index in [0.29, 0.717) is 22.8 Å². The molecule has 0 unspecified atom stereocenters. The first-order valence-corrected chi connectivity index (χ1v) is 15.9. The van der Waals surface area contributed by atoms with Crippen LogP contribution in [0.4, 0.5) is 5.69 Å². The molecule has 0 aliphatic rings. The van der Waals surface area contributed by atoms with Crippen molar-refractivity contribution >= 4 is 39.1 Å². The van der Waals surface area contributed by atoms with Crippen molar-refractivity contribution in [3.8, 4) is 0 Å². The second-order valence-corrected chi connectivity index (χ2v) is 12.6. The molecule has 0 fully saturated rings. The van der Waals surface area contributed by atoms with E-state index in [9.17, 15) is 18.0 Å². The van der Waals surface area contributed by atoms with E-state index in [-0.39, 0.29) is 23.8 Å². The van der Waals surface area contributed by atoms with E-state index in [4.69, 9.17) is 11.6 Å². The molecule has 7 nitrogen and oxygen atoms in total. The molecule has 0 radical (unpaired) electrons. The van der Waals surface area contributed by atoms with Crippen LogP contribution >= 0.6 is 11.6 Å². The Morgan fingerprint density at radius 3 is 2.05 bits per heavy atom. The number of sulfonamides is 1. The van der Waals surface area contributed by atoms with Gasteiger partial charge in [-0.1, -0.05) is 84.4 Å². The molecule has 4 aromatic rings. The molecule has 0 spiro atoms. The Hall–Kier alpha value is -4.14. The summed E-state index contributed by atoms with van der Waals surface area (Å²) >= 11 is 6.05. The average Bonchev–Trinajstić information content (AvgIpc) is 2.99. The van der Waals surface area contributed by atoms with Crippen LogP contribution in [0, 0.1) is 13.8 Å². The maximum atomic E-state index is 14.4. The number of likely N-dealkylation sites (N-methyl/N-ethyl adjacent to an activating group) is 1. The molecule has 1 N–H and O–H groups in total. The molecule has 0 bridgehead atoms. The van der Waals surface area contributed by atoms with Gasteiger partial charge in [0.1, 0.15) is 12.6 Å². The predicted molar refractivity (Wildman–Crippen MR) is 172 cm³/mol. The van der Waals surface area contributed by atoms with E-state index in [1.54, 1.807) is 25.1 Å². The van der Waals surface area contributed by atoms with Crippen LogP contribution in [-0.4, -0.2) is 44.3 Å². The number of rotatable bonds is 12. The molecule has 0 aliphatic carbocycles. The minimum absolute atomic E-state index is 0.00275. The quantitative estimate of drug-likeness (QED) is 0.214. The molecule has 2 amide bonds. The summed E-state index contributed by atoms with van der Waals surface area (Å²) in [5, 5.41) is 3.28. The molecule has 9 heteroatoms. The highest BCUT2D eigenvalue weighted by atomic mass is 35.5. The minimum Gasteiger partial charge on any atom is -0.355 e. The minimum atomic E-state index is -4.19. The third-order valence-corrected chi connectivity index (χ3v) is 9.31. The molecule has 0 saturated heterocycles. The van der Waals surface area contributed by atoms with Gasteiger partial charge in [0.2, 0.25) is 11.8 Å². The number of carbonyl (C=O) groups excluding carboxylic acids is 2. The number of anilines is 1. The van der Waals surface area contributed by atoms with Gasteiger partial charge in [-0.3, -0.25) is 13.9 Å². The van der Waals surface area contributed by atoms with E-state index >= 15 is 0 Å². The zero-order valence-corrected chi connectivity index (χ0v) is 26.1. The molecule has 0 aliphatic heterocycles. The monoisotopic (exact) mass is 617 g/mol. The fraction of sp³-hybridized carbons (Fsp3) is 0.235. The Balaban J connectivity index is 1.81. The first-order valence-electron chi connectivity index (χ1n) is 14.1. The van der Waals surface area contributed by atoms with Crippen molar-refractivity contribution in [2.24, 2.45) is 0 Å². The molecule has 0 aromatic heterocycles. The van der Waals surface area contributed by atoms with Gasteiger partial charge in [-0.2, -0.15) is 0 Å². The normalized spacial score (nSPS) is 11.9. The summed E-state index contributed by atoms with van der Waals surface area (Å²) in [6.07, 6.45) is 0.262. The summed E-state index contributed by atoms with van der Waals surface area (Å²) in [5.74, 6) is -0.812. The molecule has 224 valence electrons. The molecule has 43 heavy (non-hydrogen) atoms. The molecule has 4 rings (SSSR count). The smallest absolute Gasteiger partial charge is 0.264 e. The first kappa shape index (κ1) is 31.8. The Kier molecular flexibility index (Phi) is 10.6. The van der Waals surface area contributed by atoms with E-state index < -0.39 is 28.5 Å². The lowest BCUT2D eigenvalue weighted by molar-refractivity contribution is -0.140. The van der Waals surface area contributed by atoms with Crippen LogP contribution in [0.5, 0.6) is 0 Å². The number of para-hydroxylation sites is 1. The summed E-state index contributed by atoms with van der Waals surface area (Å²) in [4.78, 5) is 29.5. The van der Waals surface area contributed by atoms with Gasteiger partial charge >= 0.3 is 0 Å². The molecular weight excluding hydrogens is 582 g/mol. The molecule has 0 heterocycles.